The fraction of sp³-hybridized carbons (Fsp3) is 0.731. The summed E-state index contributed by atoms with van der Waals surface area (Å²) in [6.45, 7) is 7.70. The van der Waals surface area contributed by atoms with Crippen molar-refractivity contribution in [1.82, 2.24) is 0 Å². The van der Waals surface area contributed by atoms with Gasteiger partial charge in [0, 0.05) is 42.4 Å². The van der Waals surface area contributed by atoms with Gasteiger partial charge in [0.2, 0.25) is 0 Å². The maximum Gasteiger partial charge on any atom is 0.342 e. The van der Waals surface area contributed by atoms with Gasteiger partial charge in [0.05, 0.1) is 19.8 Å². The summed E-state index contributed by atoms with van der Waals surface area (Å²) in [6.07, 6.45) is 0.911. The van der Waals surface area contributed by atoms with Crippen LogP contribution in [0.15, 0.2) is 0 Å². The van der Waals surface area contributed by atoms with E-state index in [2.05, 4.69) is 6.92 Å². The second kappa shape index (κ2) is 6.89. The number of esters is 1. The molecule has 4 aliphatic heterocycles. The Morgan fingerprint density at radius 1 is 1.11 bits per heavy atom. The Labute approximate surface area is 204 Å². The molecule has 0 amide bonds. The average molecular weight is 491 g/mol. The molecule has 3 fully saturated rings. The molecule has 1 spiro atoms. The lowest BCUT2D eigenvalue weighted by molar-refractivity contribution is -0.392. The maximum absolute atomic E-state index is 12.6. The second-order valence-corrected chi connectivity index (χ2v) is 11.4. The summed E-state index contributed by atoms with van der Waals surface area (Å²) in [7, 11) is 3.08. The highest BCUT2D eigenvalue weighted by atomic mass is 16.9. The number of carbonyl (C=O) groups is 1. The SMILES string of the molecule is COc1c2c(c(C)c3c1C(=O)OC3)O[C@@]1(C)C[C@@H](O)[C@]34O[C@](OC)(CC[C@]3(C)[C@@H]1C2)O[C@@]4(C)CO. The Morgan fingerprint density at radius 2 is 1.86 bits per heavy atom. The molecule has 2 bridgehead atoms. The third kappa shape index (κ3) is 2.49. The molecular weight excluding hydrogens is 456 g/mol. The van der Waals surface area contributed by atoms with E-state index in [9.17, 15) is 15.0 Å². The van der Waals surface area contributed by atoms with Gasteiger partial charge in [-0.2, -0.15) is 0 Å². The minimum Gasteiger partial charge on any atom is -0.495 e. The molecule has 2 saturated heterocycles. The Bertz CT molecular complexity index is 1130. The van der Waals surface area contributed by atoms with Gasteiger partial charge in [-0.1, -0.05) is 6.92 Å². The number of benzene rings is 1. The first-order valence-electron chi connectivity index (χ1n) is 12.3. The molecule has 0 aromatic heterocycles. The molecule has 4 heterocycles. The van der Waals surface area contributed by atoms with Gasteiger partial charge in [0.15, 0.2) is 0 Å². The summed E-state index contributed by atoms with van der Waals surface area (Å²) in [6, 6.07) is 0. The Balaban J connectivity index is 1.56. The number of aliphatic hydroxyl groups is 2. The molecule has 9 heteroatoms. The zero-order valence-electron chi connectivity index (χ0n) is 21.1. The van der Waals surface area contributed by atoms with Crippen LogP contribution in [0.5, 0.6) is 11.5 Å². The molecule has 1 aromatic carbocycles. The smallest absolute Gasteiger partial charge is 0.342 e. The lowest BCUT2D eigenvalue weighted by Gasteiger charge is -2.66. The van der Waals surface area contributed by atoms with E-state index in [0.29, 0.717) is 36.3 Å². The van der Waals surface area contributed by atoms with Gasteiger partial charge in [-0.15, -0.1) is 0 Å². The highest BCUT2D eigenvalue weighted by Gasteiger charge is 2.81. The first-order valence-corrected chi connectivity index (χ1v) is 12.3. The normalized spacial score (nSPS) is 45.1. The topological polar surface area (TPSA) is 113 Å². The van der Waals surface area contributed by atoms with Crippen LogP contribution < -0.4 is 9.47 Å². The molecule has 1 aromatic rings. The van der Waals surface area contributed by atoms with Crippen LogP contribution in [0.2, 0.25) is 0 Å². The van der Waals surface area contributed by atoms with Crippen LogP contribution in [-0.4, -0.2) is 65.9 Å². The Hall–Kier alpha value is -1.91. The van der Waals surface area contributed by atoms with E-state index in [1.54, 1.807) is 14.0 Å². The lowest BCUT2D eigenvalue weighted by atomic mass is 9.45. The summed E-state index contributed by atoms with van der Waals surface area (Å²) in [5, 5.41) is 22.3. The molecule has 1 saturated carbocycles. The van der Waals surface area contributed by atoms with Gasteiger partial charge in [0.25, 0.3) is 5.97 Å². The summed E-state index contributed by atoms with van der Waals surface area (Å²) in [5.41, 5.74) is -0.872. The van der Waals surface area contributed by atoms with Crippen LogP contribution in [-0.2, 0) is 32.0 Å². The van der Waals surface area contributed by atoms with Crippen LogP contribution in [0.4, 0.5) is 0 Å². The van der Waals surface area contributed by atoms with Crippen molar-refractivity contribution in [3.63, 3.8) is 0 Å². The maximum atomic E-state index is 12.6. The van der Waals surface area contributed by atoms with Crippen molar-refractivity contribution in [1.29, 1.82) is 0 Å². The lowest BCUT2D eigenvalue weighted by Crippen LogP contribution is -2.78. The Morgan fingerprint density at radius 3 is 2.51 bits per heavy atom. The summed E-state index contributed by atoms with van der Waals surface area (Å²) in [4.78, 5) is 12.6. The van der Waals surface area contributed by atoms with Crippen molar-refractivity contribution in [2.75, 3.05) is 20.8 Å². The van der Waals surface area contributed by atoms with Crippen molar-refractivity contribution in [3.05, 3.63) is 22.3 Å². The highest BCUT2D eigenvalue weighted by Crippen LogP contribution is 2.71. The fourth-order valence-electron chi connectivity index (χ4n) is 8.22. The van der Waals surface area contributed by atoms with Gasteiger partial charge in [-0.05, 0) is 39.2 Å². The number of hydrogen-bond acceptors (Lipinski definition) is 9. The van der Waals surface area contributed by atoms with Crippen LogP contribution in [0.25, 0.3) is 0 Å². The molecule has 0 unspecified atom stereocenters. The molecule has 9 nitrogen and oxygen atoms in total. The fourth-order valence-corrected chi connectivity index (χ4v) is 8.22. The molecule has 2 N–H and O–H groups in total. The molecule has 5 aliphatic rings. The first kappa shape index (κ1) is 23.5. The molecule has 192 valence electrons. The number of carbonyl (C=O) groups excluding carboxylic acids is 1. The monoisotopic (exact) mass is 490 g/mol. The van der Waals surface area contributed by atoms with E-state index in [-0.39, 0.29) is 31.5 Å². The van der Waals surface area contributed by atoms with E-state index >= 15 is 0 Å². The predicted octanol–water partition coefficient (Wildman–Crippen LogP) is 2.39. The zero-order chi connectivity index (χ0) is 25.2. The number of fused-ring (bicyclic) bond motifs is 5. The number of aliphatic hydroxyl groups excluding tert-OH is 2. The van der Waals surface area contributed by atoms with E-state index in [0.717, 1.165) is 16.7 Å². The second-order valence-electron chi connectivity index (χ2n) is 11.4. The quantitative estimate of drug-likeness (QED) is 0.617. The summed E-state index contributed by atoms with van der Waals surface area (Å²) in [5.74, 6) is -0.667. The van der Waals surface area contributed by atoms with E-state index < -0.39 is 34.3 Å². The van der Waals surface area contributed by atoms with Crippen molar-refractivity contribution >= 4 is 5.97 Å². The van der Waals surface area contributed by atoms with Crippen LogP contribution in [0, 0.1) is 18.3 Å². The minimum absolute atomic E-state index is 0.142. The van der Waals surface area contributed by atoms with Gasteiger partial charge in [-0.3, -0.25) is 0 Å². The van der Waals surface area contributed by atoms with E-state index in [4.69, 9.17) is 28.4 Å². The molecule has 7 atom stereocenters. The van der Waals surface area contributed by atoms with Crippen molar-refractivity contribution in [3.8, 4) is 11.5 Å². The number of rotatable bonds is 3. The minimum atomic E-state index is -1.32. The number of hydrogen-bond donors (Lipinski definition) is 2. The van der Waals surface area contributed by atoms with E-state index in [1.165, 1.54) is 7.11 Å². The molecular formula is C26H34O9. The van der Waals surface area contributed by atoms with Crippen LogP contribution in [0.1, 0.15) is 67.1 Å². The molecule has 6 rings (SSSR count). The first-order chi connectivity index (χ1) is 16.4. The largest absolute Gasteiger partial charge is 0.495 e. The van der Waals surface area contributed by atoms with Crippen molar-refractivity contribution in [2.45, 2.75) is 88.9 Å². The van der Waals surface area contributed by atoms with Crippen LogP contribution >= 0.6 is 0 Å². The van der Waals surface area contributed by atoms with Gasteiger partial charge in [0.1, 0.15) is 40.5 Å². The number of cyclic esters (lactones) is 1. The van der Waals surface area contributed by atoms with Gasteiger partial charge < -0.3 is 38.6 Å². The average Bonchev–Trinajstić information content (AvgIpc) is 3.32. The third-order valence-electron chi connectivity index (χ3n) is 9.84. The Kier molecular flexibility index (Phi) is 4.62. The third-order valence-corrected chi connectivity index (χ3v) is 9.84. The summed E-state index contributed by atoms with van der Waals surface area (Å²) >= 11 is 0. The molecule has 35 heavy (non-hydrogen) atoms. The van der Waals surface area contributed by atoms with Gasteiger partial charge in [-0.25, -0.2) is 4.79 Å². The van der Waals surface area contributed by atoms with Gasteiger partial charge >= 0.3 is 5.97 Å². The van der Waals surface area contributed by atoms with Crippen LogP contribution in [0.3, 0.4) is 0 Å². The van der Waals surface area contributed by atoms with E-state index in [1.807, 2.05) is 13.8 Å². The summed E-state index contributed by atoms with van der Waals surface area (Å²) < 4.78 is 36.5. The zero-order valence-corrected chi connectivity index (χ0v) is 21.1. The highest BCUT2D eigenvalue weighted by molar-refractivity contribution is 5.98. The number of methoxy groups -OCH3 is 2. The molecule has 1 aliphatic carbocycles. The van der Waals surface area contributed by atoms with Crippen molar-refractivity contribution < 1.29 is 43.4 Å². The predicted molar refractivity (Wildman–Crippen MR) is 121 cm³/mol. The standard InChI is InChI=1S/C26H34O9/c1-13-15-11-32-21(29)18(15)20(30-5)14-9-16-22(2)7-8-25(31-6)34-24(4,12-27)26(22,35-25)17(28)10-23(16,3)33-19(13)14/h16-17,27-28H,7-12H2,1-6H3/t16-,17+,22+,23-,24-,25-,26-/m0/s1. The number of ether oxygens (including phenoxy) is 6. The van der Waals surface area contributed by atoms with Crippen molar-refractivity contribution in [2.24, 2.45) is 11.3 Å². The molecule has 0 radical (unpaired) electrons.